The smallest absolute Gasteiger partial charge is 0.243 e. The molecule has 1 aliphatic heterocycles. The Morgan fingerprint density at radius 1 is 1.44 bits per heavy atom. The third-order valence-corrected chi connectivity index (χ3v) is 4.37. The normalized spacial score (nSPS) is 24.3. The minimum absolute atomic E-state index is 0.128. The number of rotatable bonds is 4. The molecule has 0 spiro atoms. The monoisotopic (exact) mass is 274 g/mol. The topological polar surface area (TPSA) is 78.4 Å². The molecule has 0 aromatic heterocycles. The van der Waals surface area contributed by atoms with Crippen molar-refractivity contribution >= 4 is 10.0 Å². The van der Waals surface area contributed by atoms with Gasteiger partial charge < -0.3 is 10.4 Å². The Kier molecular flexibility index (Phi) is 3.67. The fraction of sp³-hybridized carbons (Fsp3) is 0.455. The number of benzene rings is 1. The lowest BCUT2D eigenvalue weighted by Crippen LogP contribution is -2.44. The van der Waals surface area contributed by atoms with Gasteiger partial charge in [0.25, 0.3) is 0 Å². The Bertz CT molecular complexity index is 527. The molecule has 1 saturated heterocycles. The fourth-order valence-corrected chi connectivity index (χ4v) is 3.05. The minimum Gasteiger partial charge on any atom is -0.387 e. The van der Waals surface area contributed by atoms with Crippen molar-refractivity contribution in [3.8, 4) is 0 Å². The lowest BCUT2D eigenvalue weighted by Gasteiger charge is -2.21. The molecule has 0 radical (unpaired) electrons. The minimum atomic E-state index is -3.93. The molecule has 18 heavy (non-hydrogen) atoms. The summed E-state index contributed by atoms with van der Waals surface area (Å²) in [5, 5.41) is 12.9. The third kappa shape index (κ3) is 2.86. The van der Waals surface area contributed by atoms with Gasteiger partial charge in [-0.05, 0) is 25.1 Å². The maximum Gasteiger partial charge on any atom is 0.243 e. The Morgan fingerprint density at radius 2 is 2.17 bits per heavy atom. The van der Waals surface area contributed by atoms with Gasteiger partial charge in [-0.3, -0.25) is 0 Å². The molecule has 0 aliphatic carbocycles. The average molecular weight is 274 g/mol. The molecule has 0 bridgehead atoms. The first-order valence-corrected chi connectivity index (χ1v) is 7.09. The highest BCUT2D eigenvalue weighted by Crippen LogP contribution is 2.16. The molecular formula is C11H15FN2O3S. The third-order valence-electron chi connectivity index (χ3n) is 2.94. The zero-order valence-electron chi connectivity index (χ0n) is 9.69. The Hall–Kier alpha value is -1.02. The van der Waals surface area contributed by atoms with Crippen LogP contribution in [0.4, 0.5) is 4.39 Å². The van der Waals surface area contributed by atoms with Crippen LogP contribution in [0, 0.1) is 5.82 Å². The summed E-state index contributed by atoms with van der Waals surface area (Å²) in [7, 11) is -3.93. The van der Waals surface area contributed by atoms with E-state index in [1.807, 2.05) is 0 Å². The van der Waals surface area contributed by atoms with Crippen molar-refractivity contribution in [2.75, 3.05) is 19.6 Å². The first-order chi connectivity index (χ1) is 8.43. The van der Waals surface area contributed by atoms with E-state index in [1.54, 1.807) is 0 Å². The number of sulfonamides is 1. The molecule has 1 aliphatic rings. The highest BCUT2D eigenvalue weighted by molar-refractivity contribution is 7.89. The van der Waals surface area contributed by atoms with Crippen LogP contribution >= 0.6 is 0 Å². The summed E-state index contributed by atoms with van der Waals surface area (Å²) >= 11 is 0. The molecule has 3 N–H and O–H groups in total. The number of nitrogens with one attached hydrogen (secondary N) is 2. The van der Waals surface area contributed by atoms with E-state index < -0.39 is 26.3 Å². The van der Waals surface area contributed by atoms with E-state index in [0.717, 1.165) is 6.07 Å². The van der Waals surface area contributed by atoms with Crippen LogP contribution in [0.15, 0.2) is 29.2 Å². The predicted molar refractivity (Wildman–Crippen MR) is 64.0 cm³/mol. The van der Waals surface area contributed by atoms with E-state index in [0.29, 0.717) is 19.5 Å². The van der Waals surface area contributed by atoms with E-state index in [1.165, 1.54) is 18.2 Å². The van der Waals surface area contributed by atoms with Crippen molar-refractivity contribution < 1.29 is 17.9 Å². The molecule has 1 aromatic carbocycles. The van der Waals surface area contributed by atoms with Gasteiger partial charge in [-0.2, -0.15) is 0 Å². The molecule has 1 unspecified atom stereocenters. The van der Waals surface area contributed by atoms with Gasteiger partial charge in [0.05, 0.1) is 5.60 Å². The van der Waals surface area contributed by atoms with Crippen molar-refractivity contribution in [3.05, 3.63) is 30.1 Å². The van der Waals surface area contributed by atoms with Crippen LogP contribution in [0.1, 0.15) is 6.42 Å². The van der Waals surface area contributed by atoms with Crippen molar-refractivity contribution in [2.45, 2.75) is 16.9 Å². The lowest BCUT2D eigenvalue weighted by atomic mass is 10.1. The van der Waals surface area contributed by atoms with Gasteiger partial charge >= 0.3 is 0 Å². The van der Waals surface area contributed by atoms with E-state index in [9.17, 15) is 17.9 Å². The van der Waals surface area contributed by atoms with Gasteiger partial charge in [0.15, 0.2) is 0 Å². The Balaban J connectivity index is 2.11. The first kappa shape index (κ1) is 13.4. The Morgan fingerprint density at radius 3 is 2.78 bits per heavy atom. The number of hydrogen-bond acceptors (Lipinski definition) is 4. The highest BCUT2D eigenvalue weighted by atomic mass is 32.2. The molecule has 1 atom stereocenters. The molecule has 1 fully saturated rings. The van der Waals surface area contributed by atoms with E-state index in [-0.39, 0.29) is 6.54 Å². The highest BCUT2D eigenvalue weighted by Gasteiger charge is 2.32. The summed E-state index contributed by atoms with van der Waals surface area (Å²) in [5.41, 5.74) is -1.10. The summed E-state index contributed by atoms with van der Waals surface area (Å²) < 4.78 is 39.4. The first-order valence-electron chi connectivity index (χ1n) is 5.60. The van der Waals surface area contributed by atoms with Crippen molar-refractivity contribution in [3.63, 3.8) is 0 Å². The second-order valence-electron chi connectivity index (χ2n) is 4.41. The zero-order chi connectivity index (χ0) is 13.2. The molecule has 1 heterocycles. The second-order valence-corrected chi connectivity index (χ2v) is 6.14. The summed E-state index contributed by atoms with van der Waals surface area (Å²) in [4.78, 5) is -0.403. The summed E-state index contributed by atoms with van der Waals surface area (Å²) in [5.74, 6) is -0.804. The number of halogens is 1. The van der Waals surface area contributed by atoms with Crippen molar-refractivity contribution in [1.29, 1.82) is 0 Å². The van der Waals surface area contributed by atoms with Crippen LogP contribution in [0.2, 0.25) is 0 Å². The molecule has 0 saturated carbocycles. The number of β-amino-alcohol motifs (C(OH)–C–C–N with tert-alkyl or cyclic N) is 1. The van der Waals surface area contributed by atoms with Gasteiger partial charge in [-0.25, -0.2) is 17.5 Å². The number of aliphatic hydroxyl groups is 1. The van der Waals surface area contributed by atoms with Gasteiger partial charge in [0.2, 0.25) is 10.0 Å². The van der Waals surface area contributed by atoms with Crippen LogP contribution in [0.25, 0.3) is 0 Å². The van der Waals surface area contributed by atoms with Crippen LogP contribution in [-0.2, 0) is 10.0 Å². The molecule has 5 nitrogen and oxygen atoms in total. The van der Waals surface area contributed by atoms with Gasteiger partial charge in [0, 0.05) is 13.1 Å². The quantitative estimate of drug-likeness (QED) is 0.712. The van der Waals surface area contributed by atoms with Crippen molar-refractivity contribution in [1.82, 2.24) is 10.0 Å². The van der Waals surface area contributed by atoms with Crippen LogP contribution in [0.5, 0.6) is 0 Å². The zero-order valence-corrected chi connectivity index (χ0v) is 10.5. The molecule has 0 amide bonds. The van der Waals surface area contributed by atoms with Crippen LogP contribution in [-0.4, -0.2) is 38.8 Å². The van der Waals surface area contributed by atoms with E-state index in [2.05, 4.69) is 10.0 Å². The van der Waals surface area contributed by atoms with Gasteiger partial charge in [-0.15, -0.1) is 0 Å². The lowest BCUT2D eigenvalue weighted by molar-refractivity contribution is 0.0667. The van der Waals surface area contributed by atoms with Crippen LogP contribution < -0.4 is 10.0 Å². The van der Waals surface area contributed by atoms with E-state index in [4.69, 9.17) is 0 Å². The standard InChI is InChI=1S/C11H15FN2O3S/c12-9-3-1-2-4-10(9)18(16,17)14-8-11(15)5-6-13-7-11/h1-4,13-15H,5-8H2. The predicted octanol–water partition coefficient (Wildman–Crippen LogP) is -0.172. The maximum absolute atomic E-state index is 13.4. The fourth-order valence-electron chi connectivity index (χ4n) is 1.85. The Labute approximate surface area is 105 Å². The molecule has 1 aromatic rings. The summed E-state index contributed by atoms with van der Waals surface area (Å²) in [6, 6.07) is 5.14. The van der Waals surface area contributed by atoms with Crippen LogP contribution in [0.3, 0.4) is 0 Å². The average Bonchev–Trinajstić information content (AvgIpc) is 2.75. The van der Waals surface area contributed by atoms with Gasteiger partial charge in [-0.1, -0.05) is 12.1 Å². The largest absolute Gasteiger partial charge is 0.387 e. The molecule has 2 rings (SSSR count). The molecule has 7 heteroatoms. The van der Waals surface area contributed by atoms with E-state index >= 15 is 0 Å². The molecule has 100 valence electrons. The molecular weight excluding hydrogens is 259 g/mol. The summed E-state index contributed by atoms with van der Waals surface area (Å²) in [6.07, 6.45) is 0.465. The van der Waals surface area contributed by atoms with Crippen molar-refractivity contribution in [2.24, 2.45) is 0 Å². The van der Waals surface area contributed by atoms with Gasteiger partial charge in [0.1, 0.15) is 10.7 Å². The maximum atomic E-state index is 13.4. The second kappa shape index (κ2) is 4.93. The SMILES string of the molecule is O=S(=O)(NCC1(O)CCNC1)c1ccccc1F. The summed E-state index contributed by atoms with van der Waals surface area (Å²) in [6.45, 7) is 0.835. The number of hydrogen-bond donors (Lipinski definition) is 3.